The van der Waals surface area contributed by atoms with Crippen LogP contribution in [0, 0.1) is 0 Å². The Morgan fingerprint density at radius 1 is 1.42 bits per heavy atom. The number of aliphatic hydroxyl groups is 1. The third-order valence-electron chi connectivity index (χ3n) is 4.06. The molecule has 0 radical (unpaired) electrons. The molecule has 0 bridgehead atoms. The summed E-state index contributed by atoms with van der Waals surface area (Å²) in [6.07, 6.45) is 2.61. The van der Waals surface area contributed by atoms with E-state index in [0.717, 1.165) is 31.9 Å². The van der Waals surface area contributed by atoms with E-state index in [9.17, 15) is 5.11 Å². The number of anilines is 1. The Kier molecular flexibility index (Phi) is 4.77. The SMILES string of the molecule is CCN(CC)C1CCN(c2ccc([C@@H](C)O)nc2)C1. The Morgan fingerprint density at radius 2 is 2.16 bits per heavy atom. The molecule has 2 rings (SSSR count). The number of hydrogen-bond donors (Lipinski definition) is 1. The number of rotatable bonds is 5. The number of likely N-dealkylation sites (N-methyl/N-ethyl adjacent to an activating group) is 1. The molecule has 1 saturated heterocycles. The van der Waals surface area contributed by atoms with Crippen LogP contribution in [-0.4, -0.2) is 47.2 Å². The van der Waals surface area contributed by atoms with Crippen LogP contribution in [0.2, 0.25) is 0 Å². The molecule has 4 nitrogen and oxygen atoms in total. The molecule has 1 fully saturated rings. The first-order valence-electron chi connectivity index (χ1n) is 7.28. The minimum absolute atomic E-state index is 0.490. The molecule has 1 unspecified atom stereocenters. The van der Waals surface area contributed by atoms with Crippen molar-refractivity contribution >= 4 is 5.69 Å². The average Bonchev–Trinajstić information content (AvgIpc) is 2.90. The van der Waals surface area contributed by atoms with Gasteiger partial charge in [-0.2, -0.15) is 0 Å². The number of aromatic nitrogens is 1. The van der Waals surface area contributed by atoms with Crippen molar-refractivity contribution in [3.8, 4) is 0 Å². The highest BCUT2D eigenvalue weighted by Crippen LogP contribution is 2.23. The molecule has 106 valence electrons. The Labute approximate surface area is 116 Å². The molecule has 0 aliphatic carbocycles. The van der Waals surface area contributed by atoms with Crippen molar-refractivity contribution in [2.45, 2.75) is 39.3 Å². The lowest BCUT2D eigenvalue weighted by Gasteiger charge is -2.26. The van der Waals surface area contributed by atoms with Gasteiger partial charge in [0, 0.05) is 19.1 Å². The number of aliphatic hydroxyl groups excluding tert-OH is 1. The van der Waals surface area contributed by atoms with Gasteiger partial charge < -0.3 is 10.0 Å². The zero-order valence-corrected chi connectivity index (χ0v) is 12.2. The van der Waals surface area contributed by atoms with Crippen LogP contribution in [0.15, 0.2) is 18.3 Å². The van der Waals surface area contributed by atoms with Crippen molar-refractivity contribution < 1.29 is 5.11 Å². The van der Waals surface area contributed by atoms with Gasteiger partial charge >= 0.3 is 0 Å². The highest BCUT2D eigenvalue weighted by Gasteiger charge is 2.26. The minimum Gasteiger partial charge on any atom is -0.387 e. The number of nitrogens with zero attached hydrogens (tertiary/aromatic N) is 3. The number of pyridine rings is 1. The van der Waals surface area contributed by atoms with Crippen LogP contribution in [0.5, 0.6) is 0 Å². The summed E-state index contributed by atoms with van der Waals surface area (Å²) in [6, 6.07) is 4.65. The van der Waals surface area contributed by atoms with Crippen molar-refractivity contribution in [1.29, 1.82) is 0 Å². The lowest BCUT2D eigenvalue weighted by molar-refractivity contribution is 0.194. The fourth-order valence-corrected chi connectivity index (χ4v) is 2.85. The molecule has 1 aliphatic heterocycles. The second-order valence-corrected chi connectivity index (χ2v) is 5.23. The summed E-state index contributed by atoms with van der Waals surface area (Å²) in [4.78, 5) is 9.24. The van der Waals surface area contributed by atoms with Crippen LogP contribution in [0.3, 0.4) is 0 Å². The van der Waals surface area contributed by atoms with Crippen molar-refractivity contribution in [2.75, 3.05) is 31.1 Å². The van der Waals surface area contributed by atoms with Crippen LogP contribution >= 0.6 is 0 Å². The fraction of sp³-hybridized carbons (Fsp3) is 0.667. The molecule has 1 aliphatic rings. The van der Waals surface area contributed by atoms with Gasteiger partial charge in [-0.1, -0.05) is 13.8 Å². The normalized spacial score (nSPS) is 21.1. The zero-order chi connectivity index (χ0) is 13.8. The summed E-state index contributed by atoms with van der Waals surface area (Å²) in [5.74, 6) is 0. The molecule has 0 aromatic carbocycles. The maximum absolute atomic E-state index is 9.48. The maximum atomic E-state index is 9.48. The van der Waals surface area contributed by atoms with Crippen LogP contribution in [0.25, 0.3) is 0 Å². The maximum Gasteiger partial charge on any atom is 0.0931 e. The summed E-state index contributed by atoms with van der Waals surface area (Å²) < 4.78 is 0. The Hall–Kier alpha value is -1.13. The van der Waals surface area contributed by atoms with Gasteiger partial charge in [-0.05, 0) is 38.6 Å². The first kappa shape index (κ1) is 14.3. The lowest BCUT2D eigenvalue weighted by atomic mass is 10.2. The van der Waals surface area contributed by atoms with E-state index in [1.807, 2.05) is 12.3 Å². The highest BCUT2D eigenvalue weighted by atomic mass is 16.3. The molecule has 0 spiro atoms. The quantitative estimate of drug-likeness (QED) is 0.882. The molecule has 0 saturated carbocycles. The van der Waals surface area contributed by atoms with E-state index < -0.39 is 6.10 Å². The summed E-state index contributed by atoms with van der Waals surface area (Å²) in [7, 11) is 0. The van der Waals surface area contributed by atoms with E-state index in [4.69, 9.17) is 0 Å². The Bertz CT molecular complexity index is 387. The second kappa shape index (κ2) is 6.35. The van der Waals surface area contributed by atoms with Crippen molar-refractivity contribution in [3.63, 3.8) is 0 Å². The Balaban J connectivity index is 2.00. The van der Waals surface area contributed by atoms with Crippen molar-refractivity contribution in [1.82, 2.24) is 9.88 Å². The lowest BCUT2D eigenvalue weighted by Crippen LogP contribution is -2.37. The largest absolute Gasteiger partial charge is 0.387 e. The topological polar surface area (TPSA) is 39.6 Å². The summed E-state index contributed by atoms with van der Waals surface area (Å²) in [5, 5.41) is 9.48. The van der Waals surface area contributed by atoms with Crippen molar-refractivity contribution in [2.24, 2.45) is 0 Å². The van der Waals surface area contributed by atoms with E-state index >= 15 is 0 Å². The fourth-order valence-electron chi connectivity index (χ4n) is 2.85. The molecule has 1 aromatic heterocycles. The van der Waals surface area contributed by atoms with Crippen LogP contribution in [0.1, 0.15) is 39.0 Å². The van der Waals surface area contributed by atoms with Gasteiger partial charge in [0.2, 0.25) is 0 Å². The molecule has 2 heterocycles. The number of hydrogen-bond acceptors (Lipinski definition) is 4. The first-order chi connectivity index (χ1) is 9.15. The van der Waals surface area contributed by atoms with Crippen LogP contribution in [-0.2, 0) is 0 Å². The van der Waals surface area contributed by atoms with Crippen molar-refractivity contribution in [3.05, 3.63) is 24.0 Å². The molecule has 19 heavy (non-hydrogen) atoms. The van der Waals surface area contributed by atoms with E-state index in [1.165, 1.54) is 12.1 Å². The standard InChI is InChI=1S/C15H25N3O/c1-4-17(5-2)14-8-9-18(11-14)13-6-7-15(12(3)19)16-10-13/h6-7,10,12,14,19H,4-5,8-9,11H2,1-3H3/t12-,14?/m1/s1. The predicted octanol–water partition coefficient (Wildman–Crippen LogP) is 2.06. The van der Waals surface area contributed by atoms with Gasteiger partial charge in [-0.25, -0.2) is 0 Å². The van der Waals surface area contributed by atoms with E-state index in [-0.39, 0.29) is 0 Å². The molecule has 1 N–H and O–H groups in total. The molecule has 0 amide bonds. The van der Waals surface area contributed by atoms with Crippen LogP contribution < -0.4 is 4.90 Å². The smallest absolute Gasteiger partial charge is 0.0931 e. The van der Waals surface area contributed by atoms with E-state index in [0.29, 0.717) is 6.04 Å². The van der Waals surface area contributed by atoms with Gasteiger partial charge in [0.1, 0.15) is 0 Å². The van der Waals surface area contributed by atoms with E-state index in [1.54, 1.807) is 6.92 Å². The molecule has 2 atom stereocenters. The van der Waals surface area contributed by atoms with Gasteiger partial charge in [0.25, 0.3) is 0 Å². The molecular formula is C15H25N3O. The molecular weight excluding hydrogens is 238 g/mol. The van der Waals surface area contributed by atoms with Gasteiger partial charge in [-0.15, -0.1) is 0 Å². The predicted molar refractivity (Wildman–Crippen MR) is 78.4 cm³/mol. The van der Waals surface area contributed by atoms with Gasteiger partial charge in [0.05, 0.1) is 23.7 Å². The first-order valence-corrected chi connectivity index (χ1v) is 7.28. The minimum atomic E-state index is -0.490. The second-order valence-electron chi connectivity index (χ2n) is 5.23. The molecule has 1 aromatic rings. The third-order valence-corrected chi connectivity index (χ3v) is 4.06. The van der Waals surface area contributed by atoms with Crippen LogP contribution in [0.4, 0.5) is 5.69 Å². The van der Waals surface area contributed by atoms with Gasteiger partial charge in [-0.3, -0.25) is 9.88 Å². The summed E-state index contributed by atoms with van der Waals surface area (Å²) in [5.41, 5.74) is 1.90. The summed E-state index contributed by atoms with van der Waals surface area (Å²) in [6.45, 7) is 10.6. The van der Waals surface area contributed by atoms with Gasteiger partial charge in [0.15, 0.2) is 0 Å². The summed E-state index contributed by atoms with van der Waals surface area (Å²) >= 11 is 0. The average molecular weight is 263 g/mol. The monoisotopic (exact) mass is 263 g/mol. The zero-order valence-electron chi connectivity index (χ0n) is 12.2. The highest BCUT2D eigenvalue weighted by molar-refractivity contribution is 5.46. The van der Waals surface area contributed by atoms with E-state index in [2.05, 4.69) is 34.7 Å². The molecule has 4 heteroatoms. The third kappa shape index (κ3) is 3.25. The Morgan fingerprint density at radius 3 is 2.68 bits per heavy atom.